The molecule has 2 rings (SSSR count). The van der Waals surface area contributed by atoms with Gasteiger partial charge in [-0.1, -0.05) is 62.9 Å². The Hall–Kier alpha value is -0.250. The van der Waals surface area contributed by atoms with E-state index in [-0.39, 0.29) is 0 Å². The van der Waals surface area contributed by atoms with Gasteiger partial charge in [0.1, 0.15) is 0 Å². The first-order chi connectivity index (χ1) is 9.08. The highest BCUT2D eigenvalue weighted by atomic mass is 79.9. The van der Waals surface area contributed by atoms with E-state index in [1.54, 1.807) is 12.1 Å². The lowest BCUT2D eigenvalue weighted by Crippen LogP contribution is -2.13. The standard InChI is InChI=1S/C14H11BrCl3N/c15-10-3-1-9(2-4-10)7-19-8-11-12(16)5-6-13(17)14(11)18/h1-6,19H,7-8H2. The molecule has 0 unspecified atom stereocenters. The third-order valence-electron chi connectivity index (χ3n) is 2.68. The Morgan fingerprint density at radius 1 is 0.842 bits per heavy atom. The summed E-state index contributed by atoms with van der Waals surface area (Å²) in [6, 6.07) is 11.6. The summed E-state index contributed by atoms with van der Waals surface area (Å²) in [7, 11) is 0. The molecule has 0 saturated heterocycles. The maximum atomic E-state index is 6.14. The molecule has 5 heteroatoms. The van der Waals surface area contributed by atoms with Gasteiger partial charge in [-0.2, -0.15) is 0 Å². The SMILES string of the molecule is Clc1ccc(Cl)c(CNCc2ccc(Br)cc2)c1Cl. The van der Waals surface area contributed by atoms with E-state index in [2.05, 4.69) is 33.4 Å². The minimum Gasteiger partial charge on any atom is -0.309 e. The molecule has 0 radical (unpaired) electrons. The molecule has 100 valence electrons. The van der Waals surface area contributed by atoms with Gasteiger partial charge in [-0.25, -0.2) is 0 Å². The molecule has 2 aromatic rings. The van der Waals surface area contributed by atoms with Crippen molar-refractivity contribution in [1.82, 2.24) is 5.32 Å². The average molecular weight is 380 g/mol. The summed E-state index contributed by atoms with van der Waals surface area (Å²) >= 11 is 21.6. The molecule has 1 N–H and O–H groups in total. The van der Waals surface area contributed by atoms with Gasteiger partial charge in [0.2, 0.25) is 0 Å². The lowest BCUT2D eigenvalue weighted by Gasteiger charge is -2.10. The highest BCUT2D eigenvalue weighted by Crippen LogP contribution is 2.31. The van der Waals surface area contributed by atoms with Gasteiger partial charge in [0.25, 0.3) is 0 Å². The molecule has 0 fully saturated rings. The molecule has 0 spiro atoms. The Bertz CT molecular complexity index is 570. The molecule has 0 saturated carbocycles. The minimum absolute atomic E-state index is 0.512. The average Bonchev–Trinajstić information content (AvgIpc) is 2.40. The zero-order chi connectivity index (χ0) is 13.8. The van der Waals surface area contributed by atoms with Crippen molar-refractivity contribution in [3.05, 3.63) is 67.1 Å². The van der Waals surface area contributed by atoms with Crippen LogP contribution < -0.4 is 5.32 Å². The van der Waals surface area contributed by atoms with Crippen LogP contribution in [-0.2, 0) is 13.1 Å². The summed E-state index contributed by atoms with van der Waals surface area (Å²) in [5.41, 5.74) is 2.02. The number of halogens is 4. The second-order valence-electron chi connectivity index (χ2n) is 4.05. The van der Waals surface area contributed by atoms with Crippen molar-refractivity contribution in [2.24, 2.45) is 0 Å². The summed E-state index contributed by atoms with van der Waals surface area (Å²) in [4.78, 5) is 0. The largest absolute Gasteiger partial charge is 0.309 e. The molecular weight excluding hydrogens is 368 g/mol. The molecular formula is C14H11BrCl3N. The van der Waals surface area contributed by atoms with Crippen LogP contribution in [0.5, 0.6) is 0 Å². The molecule has 2 aromatic carbocycles. The van der Waals surface area contributed by atoms with Crippen LogP contribution >= 0.6 is 50.7 Å². The van der Waals surface area contributed by atoms with Gasteiger partial charge < -0.3 is 5.32 Å². The van der Waals surface area contributed by atoms with E-state index in [1.807, 2.05) is 12.1 Å². The Labute approximate surface area is 136 Å². The summed E-state index contributed by atoms with van der Waals surface area (Å²) in [6.07, 6.45) is 0. The molecule has 19 heavy (non-hydrogen) atoms. The lowest BCUT2D eigenvalue weighted by molar-refractivity contribution is 0.693. The molecule has 0 aromatic heterocycles. The molecule has 0 heterocycles. The van der Waals surface area contributed by atoms with Crippen LogP contribution in [0.3, 0.4) is 0 Å². The third kappa shape index (κ3) is 4.11. The molecule has 0 amide bonds. The van der Waals surface area contributed by atoms with Gasteiger partial charge >= 0.3 is 0 Å². The van der Waals surface area contributed by atoms with Crippen LogP contribution in [-0.4, -0.2) is 0 Å². The van der Waals surface area contributed by atoms with Gasteiger partial charge in [0.05, 0.1) is 10.0 Å². The smallest absolute Gasteiger partial charge is 0.0652 e. The van der Waals surface area contributed by atoms with E-state index >= 15 is 0 Å². The Morgan fingerprint density at radius 2 is 1.47 bits per heavy atom. The molecule has 0 aliphatic carbocycles. The van der Waals surface area contributed by atoms with E-state index < -0.39 is 0 Å². The number of hydrogen-bond donors (Lipinski definition) is 1. The number of nitrogens with one attached hydrogen (secondary N) is 1. The fraction of sp³-hybridized carbons (Fsp3) is 0.143. The molecule has 1 nitrogen and oxygen atoms in total. The van der Waals surface area contributed by atoms with Gasteiger partial charge in [0, 0.05) is 28.1 Å². The van der Waals surface area contributed by atoms with Crippen molar-refractivity contribution in [2.75, 3.05) is 0 Å². The third-order valence-corrected chi connectivity index (χ3v) is 4.41. The van der Waals surface area contributed by atoms with Crippen molar-refractivity contribution in [1.29, 1.82) is 0 Å². The summed E-state index contributed by atoms with van der Waals surface area (Å²) in [5.74, 6) is 0. The summed E-state index contributed by atoms with van der Waals surface area (Å²) in [5, 5.41) is 4.96. The highest BCUT2D eigenvalue weighted by molar-refractivity contribution is 9.10. The fourth-order valence-electron chi connectivity index (χ4n) is 1.67. The monoisotopic (exact) mass is 377 g/mol. The topological polar surface area (TPSA) is 12.0 Å². The molecule has 0 atom stereocenters. The van der Waals surface area contributed by atoms with E-state index in [0.29, 0.717) is 21.6 Å². The maximum Gasteiger partial charge on any atom is 0.0652 e. The van der Waals surface area contributed by atoms with Crippen LogP contribution in [0.15, 0.2) is 40.9 Å². The van der Waals surface area contributed by atoms with Crippen LogP contribution in [0.2, 0.25) is 15.1 Å². The van der Waals surface area contributed by atoms with Crippen molar-refractivity contribution < 1.29 is 0 Å². The van der Waals surface area contributed by atoms with Gasteiger partial charge in [0.15, 0.2) is 0 Å². The van der Waals surface area contributed by atoms with E-state index in [1.165, 1.54) is 5.56 Å². The van der Waals surface area contributed by atoms with E-state index in [0.717, 1.165) is 16.6 Å². The molecule has 0 aliphatic rings. The zero-order valence-electron chi connectivity index (χ0n) is 9.89. The maximum absolute atomic E-state index is 6.14. The van der Waals surface area contributed by atoms with Crippen molar-refractivity contribution in [2.45, 2.75) is 13.1 Å². The minimum atomic E-state index is 0.512. The first-order valence-corrected chi connectivity index (χ1v) is 7.58. The van der Waals surface area contributed by atoms with E-state index in [9.17, 15) is 0 Å². The molecule has 0 bridgehead atoms. The zero-order valence-corrected chi connectivity index (χ0v) is 13.7. The summed E-state index contributed by atoms with van der Waals surface area (Å²) in [6.45, 7) is 1.32. The fourth-order valence-corrected chi connectivity index (χ4v) is 2.61. The van der Waals surface area contributed by atoms with Crippen molar-refractivity contribution in [3.63, 3.8) is 0 Å². The Morgan fingerprint density at radius 3 is 2.16 bits per heavy atom. The lowest BCUT2D eigenvalue weighted by atomic mass is 10.2. The quantitative estimate of drug-likeness (QED) is 0.672. The number of benzene rings is 2. The van der Waals surface area contributed by atoms with Gasteiger partial charge in [-0.15, -0.1) is 0 Å². The predicted octanol–water partition coefficient (Wildman–Crippen LogP) is 5.70. The Balaban J connectivity index is 2.00. The Kier molecular flexibility index (Phi) is 5.55. The van der Waals surface area contributed by atoms with Crippen molar-refractivity contribution in [3.8, 4) is 0 Å². The van der Waals surface area contributed by atoms with E-state index in [4.69, 9.17) is 34.8 Å². The van der Waals surface area contributed by atoms with Gasteiger partial charge in [-0.3, -0.25) is 0 Å². The second-order valence-corrected chi connectivity index (χ2v) is 6.16. The van der Waals surface area contributed by atoms with Crippen LogP contribution in [0, 0.1) is 0 Å². The van der Waals surface area contributed by atoms with Crippen LogP contribution in [0.25, 0.3) is 0 Å². The number of hydrogen-bond acceptors (Lipinski definition) is 1. The van der Waals surface area contributed by atoms with Gasteiger partial charge in [-0.05, 0) is 29.8 Å². The highest BCUT2D eigenvalue weighted by Gasteiger charge is 2.08. The molecule has 0 aliphatic heterocycles. The number of rotatable bonds is 4. The normalized spacial score (nSPS) is 10.7. The first-order valence-electron chi connectivity index (χ1n) is 5.65. The second kappa shape index (κ2) is 6.96. The first kappa shape index (κ1) is 15.1. The van der Waals surface area contributed by atoms with Crippen LogP contribution in [0.1, 0.15) is 11.1 Å². The summed E-state index contributed by atoms with van der Waals surface area (Å²) < 4.78 is 1.07. The predicted molar refractivity (Wildman–Crippen MR) is 86.2 cm³/mol. The van der Waals surface area contributed by atoms with Crippen LogP contribution in [0.4, 0.5) is 0 Å². The van der Waals surface area contributed by atoms with Crippen molar-refractivity contribution >= 4 is 50.7 Å².